The number of rotatable bonds is 8. The van der Waals surface area contributed by atoms with Crippen LogP contribution in [0.3, 0.4) is 0 Å². The fraction of sp³-hybridized carbons (Fsp3) is 0.391. The summed E-state index contributed by atoms with van der Waals surface area (Å²) >= 11 is 0. The van der Waals surface area contributed by atoms with Crippen LogP contribution in [0.4, 0.5) is 0 Å². The summed E-state index contributed by atoms with van der Waals surface area (Å²) in [6, 6.07) is 6.03. The van der Waals surface area contributed by atoms with E-state index in [4.69, 9.17) is 9.84 Å². The molecule has 3 heterocycles. The molecule has 0 unspecified atom stereocenters. The lowest BCUT2D eigenvalue weighted by atomic mass is 9.95. The van der Waals surface area contributed by atoms with Crippen LogP contribution in [-0.2, 0) is 22.4 Å². The van der Waals surface area contributed by atoms with E-state index in [1.807, 2.05) is 24.4 Å². The lowest BCUT2D eigenvalue weighted by molar-refractivity contribution is -0.143. The fourth-order valence-corrected chi connectivity index (χ4v) is 3.63. The van der Waals surface area contributed by atoms with Crippen LogP contribution in [0.5, 0.6) is 0 Å². The molecule has 3 aromatic rings. The summed E-state index contributed by atoms with van der Waals surface area (Å²) in [4.78, 5) is 27.9. The standard InChI is InChI=1S/C23H27N3O3/c1-5-19-10-11-21-23(18-12-17(16(4)27)13-24-14-18)20(15(3)25-26(19)21)8-7-9-22(28)29-6-2/h10-14H,5-9H2,1-4H3. The number of aryl methyl sites for hydroxylation is 2. The number of esters is 1. The number of ether oxygens (including phenoxy) is 1. The zero-order valence-corrected chi connectivity index (χ0v) is 17.5. The number of hydrogen-bond acceptors (Lipinski definition) is 5. The van der Waals surface area contributed by atoms with Gasteiger partial charge in [-0.1, -0.05) is 6.92 Å². The molecule has 0 fully saturated rings. The highest BCUT2D eigenvalue weighted by molar-refractivity contribution is 5.96. The third-order valence-electron chi connectivity index (χ3n) is 5.09. The van der Waals surface area contributed by atoms with Crippen LogP contribution >= 0.6 is 0 Å². The lowest BCUT2D eigenvalue weighted by Crippen LogP contribution is -2.08. The molecule has 0 saturated carbocycles. The van der Waals surface area contributed by atoms with Crippen LogP contribution in [0.2, 0.25) is 0 Å². The predicted molar refractivity (Wildman–Crippen MR) is 112 cm³/mol. The second kappa shape index (κ2) is 8.99. The van der Waals surface area contributed by atoms with E-state index in [0.717, 1.165) is 40.0 Å². The van der Waals surface area contributed by atoms with E-state index in [1.165, 1.54) is 0 Å². The first-order valence-corrected chi connectivity index (χ1v) is 10.1. The summed E-state index contributed by atoms with van der Waals surface area (Å²) in [5, 5.41) is 4.80. The van der Waals surface area contributed by atoms with Crippen LogP contribution in [0.1, 0.15) is 60.9 Å². The number of carbonyl (C=O) groups is 2. The fourth-order valence-electron chi connectivity index (χ4n) is 3.63. The van der Waals surface area contributed by atoms with Gasteiger partial charge in [0.25, 0.3) is 0 Å². The maximum atomic E-state index is 11.9. The highest BCUT2D eigenvalue weighted by Crippen LogP contribution is 2.32. The molecule has 152 valence electrons. The molecule has 0 aliphatic rings. The monoisotopic (exact) mass is 393 g/mol. The first kappa shape index (κ1) is 20.7. The summed E-state index contributed by atoms with van der Waals surface area (Å²) in [7, 11) is 0. The molecule has 0 saturated heterocycles. The van der Waals surface area contributed by atoms with Gasteiger partial charge < -0.3 is 4.74 Å². The van der Waals surface area contributed by atoms with Gasteiger partial charge in [-0.25, -0.2) is 4.52 Å². The van der Waals surface area contributed by atoms with Crippen LogP contribution < -0.4 is 0 Å². The van der Waals surface area contributed by atoms with Gasteiger partial charge in [-0.05, 0) is 63.8 Å². The minimum atomic E-state index is -0.183. The van der Waals surface area contributed by atoms with Gasteiger partial charge in [0.15, 0.2) is 5.78 Å². The molecule has 3 aromatic heterocycles. The summed E-state index contributed by atoms with van der Waals surface area (Å²) in [5.41, 5.74) is 6.59. The van der Waals surface area contributed by atoms with Gasteiger partial charge in [-0.15, -0.1) is 0 Å². The van der Waals surface area contributed by atoms with Crippen LogP contribution in [0, 0.1) is 6.92 Å². The zero-order valence-electron chi connectivity index (χ0n) is 17.5. The number of ketones is 1. The van der Waals surface area contributed by atoms with Crippen molar-refractivity contribution < 1.29 is 14.3 Å². The van der Waals surface area contributed by atoms with Crippen LogP contribution in [0.15, 0.2) is 30.6 Å². The molecule has 0 aliphatic heterocycles. The molecule has 29 heavy (non-hydrogen) atoms. The number of nitrogens with zero attached hydrogens (tertiary/aromatic N) is 3. The molecule has 0 radical (unpaired) electrons. The van der Waals surface area contributed by atoms with Crippen molar-refractivity contribution in [2.24, 2.45) is 0 Å². The molecule has 6 nitrogen and oxygen atoms in total. The minimum Gasteiger partial charge on any atom is -0.466 e. The number of fused-ring (bicyclic) bond motifs is 1. The highest BCUT2D eigenvalue weighted by atomic mass is 16.5. The molecule has 0 atom stereocenters. The van der Waals surface area contributed by atoms with E-state index in [2.05, 4.69) is 24.0 Å². The third-order valence-corrected chi connectivity index (χ3v) is 5.09. The van der Waals surface area contributed by atoms with E-state index in [0.29, 0.717) is 31.4 Å². The van der Waals surface area contributed by atoms with E-state index >= 15 is 0 Å². The summed E-state index contributed by atoms with van der Waals surface area (Å²) in [5.74, 6) is -0.202. The molecular formula is C23H27N3O3. The number of aromatic nitrogens is 3. The zero-order chi connectivity index (χ0) is 21.0. The first-order valence-electron chi connectivity index (χ1n) is 10.1. The van der Waals surface area contributed by atoms with Crippen molar-refractivity contribution in [3.63, 3.8) is 0 Å². The van der Waals surface area contributed by atoms with E-state index in [-0.39, 0.29) is 11.8 Å². The van der Waals surface area contributed by atoms with Gasteiger partial charge in [0.1, 0.15) is 0 Å². The summed E-state index contributed by atoms with van der Waals surface area (Å²) in [6.45, 7) is 7.84. The maximum absolute atomic E-state index is 11.9. The van der Waals surface area contributed by atoms with Gasteiger partial charge in [0, 0.05) is 41.2 Å². The second-order valence-corrected chi connectivity index (χ2v) is 7.09. The van der Waals surface area contributed by atoms with Crippen LogP contribution in [0.25, 0.3) is 16.6 Å². The number of hydrogen-bond donors (Lipinski definition) is 0. The molecule has 6 heteroatoms. The average molecular weight is 393 g/mol. The van der Waals surface area contributed by atoms with E-state index in [9.17, 15) is 9.59 Å². The molecule has 3 rings (SSSR count). The Morgan fingerprint density at radius 3 is 2.66 bits per heavy atom. The molecule has 0 aliphatic carbocycles. The molecule has 0 N–H and O–H groups in total. The Labute approximate surface area is 170 Å². The largest absolute Gasteiger partial charge is 0.466 e. The van der Waals surface area contributed by atoms with Gasteiger partial charge in [0.2, 0.25) is 0 Å². The van der Waals surface area contributed by atoms with Crippen molar-refractivity contribution in [1.82, 2.24) is 14.6 Å². The van der Waals surface area contributed by atoms with E-state index < -0.39 is 0 Å². The second-order valence-electron chi connectivity index (χ2n) is 7.09. The maximum Gasteiger partial charge on any atom is 0.305 e. The highest BCUT2D eigenvalue weighted by Gasteiger charge is 2.18. The summed E-state index contributed by atoms with van der Waals surface area (Å²) < 4.78 is 7.02. The topological polar surface area (TPSA) is 73.6 Å². The predicted octanol–water partition coefficient (Wildman–Crippen LogP) is 4.36. The number of carbonyl (C=O) groups excluding carboxylic acids is 2. The molecule has 0 bridgehead atoms. The van der Waals surface area contributed by atoms with Gasteiger partial charge in [0.05, 0.1) is 17.8 Å². The van der Waals surface area contributed by atoms with Gasteiger partial charge in [-0.3, -0.25) is 14.6 Å². The van der Waals surface area contributed by atoms with Gasteiger partial charge in [-0.2, -0.15) is 5.10 Å². The van der Waals surface area contributed by atoms with Crippen molar-refractivity contribution >= 4 is 17.3 Å². The first-order chi connectivity index (χ1) is 14.0. The van der Waals surface area contributed by atoms with Gasteiger partial charge >= 0.3 is 5.97 Å². The Morgan fingerprint density at radius 1 is 1.17 bits per heavy atom. The minimum absolute atomic E-state index is 0.0189. The SMILES string of the molecule is CCOC(=O)CCCc1c(C)nn2c(CC)ccc2c1-c1cncc(C(C)=O)c1. The molecule has 0 amide bonds. The average Bonchev–Trinajstić information content (AvgIpc) is 3.10. The third kappa shape index (κ3) is 4.36. The van der Waals surface area contributed by atoms with Crippen molar-refractivity contribution in [2.75, 3.05) is 6.61 Å². The van der Waals surface area contributed by atoms with Crippen molar-refractivity contribution in [3.05, 3.63) is 53.1 Å². The normalized spacial score (nSPS) is 11.0. The molecular weight excluding hydrogens is 366 g/mol. The summed E-state index contributed by atoms with van der Waals surface area (Å²) in [6.07, 6.45) is 5.98. The number of Topliss-reactive ketones (excluding diaryl/α,β-unsaturated/α-hetero) is 1. The Bertz CT molecular complexity index is 1050. The Hall–Kier alpha value is -3.02. The smallest absolute Gasteiger partial charge is 0.305 e. The van der Waals surface area contributed by atoms with Crippen LogP contribution in [-0.4, -0.2) is 33.0 Å². The van der Waals surface area contributed by atoms with Crippen molar-refractivity contribution in [3.8, 4) is 11.1 Å². The Morgan fingerprint density at radius 2 is 1.97 bits per heavy atom. The van der Waals surface area contributed by atoms with E-state index in [1.54, 1.807) is 19.3 Å². The quantitative estimate of drug-likeness (QED) is 0.420. The van der Waals surface area contributed by atoms with Crippen molar-refractivity contribution in [2.45, 2.75) is 53.4 Å². The van der Waals surface area contributed by atoms with Crippen molar-refractivity contribution in [1.29, 1.82) is 0 Å². The lowest BCUT2D eigenvalue weighted by Gasteiger charge is -2.16. The Kier molecular flexibility index (Phi) is 6.42. The number of pyridine rings is 1. The Balaban J connectivity index is 2.11. The molecule has 0 spiro atoms. The molecule has 0 aromatic carbocycles.